The van der Waals surface area contributed by atoms with Gasteiger partial charge in [0.25, 0.3) is 0 Å². The molecule has 1 heterocycles. The van der Waals surface area contributed by atoms with E-state index in [1.165, 1.54) is 11.1 Å². The van der Waals surface area contributed by atoms with Crippen molar-refractivity contribution in [2.75, 3.05) is 18.9 Å². The molecule has 0 fully saturated rings. The number of aliphatic hydroxyl groups excluding tert-OH is 1. The normalized spacial score (nSPS) is 19.1. The maximum Gasteiger partial charge on any atom is 0.0449 e. The Hall–Kier alpha value is -0.770. The number of aliphatic hydroxyl groups is 1. The number of fused-ring (bicyclic) bond motifs is 1. The molecule has 15 heavy (non-hydrogen) atoms. The fourth-order valence-corrected chi connectivity index (χ4v) is 2.04. The van der Waals surface area contributed by atoms with Crippen LogP contribution in [0.4, 0.5) is 5.69 Å². The van der Waals surface area contributed by atoms with Crippen LogP contribution in [0.25, 0.3) is 0 Å². The third-order valence-electron chi connectivity index (χ3n) is 2.75. The van der Waals surface area contributed by atoms with Crippen molar-refractivity contribution >= 4 is 18.1 Å². The molecule has 0 radical (unpaired) electrons. The lowest BCUT2D eigenvalue weighted by molar-refractivity contribution is 0.263. The molecule has 0 saturated carbocycles. The van der Waals surface area contributed by atoms with Crippen molar-refractivity contribution in [2.24, 2.45) is 0 Å². The highest BCUT2D eigenvalue weighted by Gasteiger charge is 2.18. The van der Waals surface area contributed by atoms with E-state index < -0.39 is 0 Å². The van der Waals surface area contributed by atoms with Crippen molar-refractivity contribution in [2.45, 2.75) is 18.9 Å². The van der Waals surface area contributed by atoms with Crippen LogP contribution in [-0.4, -0.2) is 18.3 Å². The van der Waals surface area contributed by atoms with Crippen molar-refractivity contribution in [1.29, 1.82) is 0 Å². The Morgan fingerprint density at radius 1 is 1.47 bits per heavy atom. The van der Waals surface area contributed by atoms with Gasteiger partial charge in [0.1, 0.15) is 0 Å². The van der Waals surface area contributed by atoms with Crippen LogP contribution in [0, 0.1) is 0 Å². The molecule has 0 amide bonds. The van der Waals surface area contributed by atoms with Crippen molar-refractivity contribution in [1.82, 2.24) is 5.32 Å². The van der Waals surface area contributed by atoms with Crippen LogP contribution in [0.2, 0.25) is 0 Å². The highest BCUT2D eigenvalue weighted by Crippen LogP contribution is 2.26. The molecule has 0 spiro atoms. The lowest BCUT2D eigenvalue weighted by Crippen LogP contribution is -2.30. The summed E-state index contributed by atoms with van der Waals surface area (Å²) in [5.74, 6) is 0. The Balaban J connectivity index is 0.00000112. The SMILES string of the molecule is Cl.Nc1ccc2c(c1)C(CCO)NCC2. The lowest BCUT2D eigenvalue weighted by atomic mass is 9.92. The van der Waals surface area contributed by atoms with Crippen LogP contribution < -0.4 is 11.1 Å². The molecule has 1 aliphatic rings. The molecule has 0 saturated heterocycles. The van der Waals surface area contributed by atoms with E-state index in [2.05, 4.69) is 11.4 Å². The van der Waals surface area contributed by atoms with E-state index in [1.807, 2.05) is 12.1 Å². The highest BCUT2D eigenvalue weighted by atomic mass is 35.5. The summed E-state index contributed by atoms with van der Waals surface area (Å²) in [5, 5.41) is 12.3. The number of hydrogen-bond donors (Lipinski definition) is 3. The average Bonchev–Trinajstić information content (AvgIpc) is 2.19. The topological polar surface area (TPSA) is 58.3 Å². The molecule has 1 aliphatic heterocycles. The van der Waals surface area contributed by atoms with Gasteiger partial charge >= 0.3 is 0 Å². The first-order valence-corrected chi connectivity index (χ1v) is 5.04. The third kappa shape index (κ3) is 2.62. The van der Waals surface area contributed by atoms with Crippen LogP contribution in [0.5, 0.6) is 0 Å². The van der Waals surface area contributed by atoms with Gasteiger partial charge in [-0.3, -0.25) is 0 Å². The molecule has 0 aromatic heterocycles. The first kappa shape index (κ1) is 12.3. The van der Waals surface area contributed by atoms with Gasteiger partial charge in [-0.1, -0.05) is 6.07 Å². The smallest absolute Gasteiger partial charge is 0.0449 e. The lowest BCUT2D eigenvalue weighted by Gasteiger charge is -2.26. The Kier molecular flexibility index (Phi) is 4.39. The standard InChI is InChI=1S/C11H16N2O.ClH/c12-9-2-1-8-3-5-13-11(4-6-14)10(8)7-9;/h1-2,7,11,13-14H,3-6,12H2;1H. The van der Waals surface area contributed by atoms with E-state index in [1.54, 1.807) is 0 Å². The highest BCUT2D eigenvalue weighted by molar-refractivity contribution is 5.85. The average molecular weight is 229 g/mol. The maximum atomic E-state index is 8.94. The number of nitrogens with two attached hydrogens (primary N) is 1. The van der Waals surface area contributed by atoms with Crippen LogP contribution in [0.15, 0.2) is 18.2 Å². The second-order valence-corrected chi connectivity index (χ2v) is 3.73. The zero-order valence-electron chi connectivity index (χ0n) is 8.57. The molecule has 1 aromatic rings. The van der Waals surface area contributed by atoms with Crippen LogP contribution in [0.1, 0.15) is 23.6 Å². The summed E-state index contributed by atoms with van der Waals surface area (Å²) in [6.07, 6.45) is 1.81. The van der Waals surface area contributed by atoms with Gasteiger partial charge in [0.15, 0.2) is 0 Å². The molecule has 0 bridgehead atoms. The minimum absolute atomic E-state index is 0. The summed E-state index contributed by atoms with van der Waals surface area (Å²) in [6.45, 7) is 1.20. The van der Waals surface area contributed by atoms with Gasteiger partial charge in [-0.15, -0.1) is 12.4 Å². The monoisotopic (exact) mass is 228 g/mol. The number of hydrogen-bond acceptors (Lipinski definition) is 3. The Morgan fingerprint density at radius 3 is 3.00 bits per heavy atom. The van der Waals surface area contributed by atoms with Crippen molar-refractivity contribution in [3.63, 3.8) is 0 Å². The number of halogens is 1. The first-order valence-electron chi connectivity index (χ1n) is 5.04. The maximum absolute atomic E-state index is 8.94. The number of benzene rings is 1. The van der Waals surface area contributed by atoms with E-state index in [4.69, 9.17) is 10.8 Å². The molecule has 4 heteroatoms. The van der Waals surface area contributed by atoms with E-state index in [0.29, 0.717) is 0 Å². The molecular weight excluding hydrogens is 212 g/mol. The van der Waals surface area contributed by atoms with Gasteiger partial charge in [-0.05, 0) is 42.6 Å². The van der Waals surface area contributed by atoms with Gasteiger partial charge in [-0.25, -0.2) is 0 Å². The first-order chi connectivity index (χ1) is 6.81. The van der Waals surface area contributed by atoms with Gasteiger partial charge in [0.2, 0.25) is 0 Å². The molecule has 1 atom stereocenters. The number of nitrogens with one attached hydrogen (secondary N) is 1. The van der Waals surface area contributed by atoms with E-state index in [-0.39, 0.29) is 25.1 Å². The molecule has 2 rings (SSSR count). The summed E-state index contributed by atoms with van der Waals surface area (Å²) < 4.78 is 0. The van der Waals surface area contributed by atoms with Gasteiger partial charge in [0, 0.05) is 18.3 Å². The van der Waals surface area contributed by atoms with Crippen LogP contribution in [0.3, 0.4) is 0 Å². The van der Waals surface area contributed by atoms with Crippen molar-refractivity contribution in [3.8, 4) is 0 Å². The van der Waals surface area contributed by atoms with Gasteiger partial charge < -0.3 is 16.2 Å². The zero-order valence-corrected chi connectivity index (χ0v) is 9.39. The minimum atomic E-state index is 0. The van der Waals surface area contributed by atoms with Crippen LogP contribution in [-0.2, 0) is 6.42 Å². The molecule has 84 valence electrons. The quantitative estimate of drug-likeness (QED) is 0.668. The van der Waals surface area contributed by atoms with E-state index in [0.717, 1.165) is 25.1 Å². The molecule has 4 N–H and O–H groups in total. The summed E-state index contributed by atoms with van der Waals surface area (Å²) in [5.41, 5.74) is 9.16. The summed E-state index contributed by atoms with van der Waals surface area (Å²) in [6, 6.07) is 6.32. The van der Waals surface area contributed by atoms with Crippen molar-refractivity contribution < 1.29 is 5.11 Å². The second kappa shape index (κ2) is 5.35. The zero-order chi connectivity index (χ0) is 9.97. The second-order valence-electron chi connectivity index (χ2n) is 3.73. The predicted octanol–water partition coefficient (Wildman–Crippen LogP) is 1.26. The number of rotatable bonds is 2. The summed E-state index contributed by atoms with van der Waals surface area (Å²) in [7, 11) is 0. The minimum Gasteiger partial charge on any atom is -0.399 e. The van der Waals surface area contributed by atoms with Crippen molar-refractivity contribution in [3.05, 3.63) is 29.3 Å². The largest absolute Gasteiger partial charge is 0.399 e. The Morgan fingerprint density at radius 2 is 2.27 bits per heavy atom. The van der Waals surface area contributed by atoms with Crippen LogP contribution >= 0.6 is 12.4 Å². The fraction of sp³-hybridized carbons (Fsp3) is 0.455. The molecule has 1 unspecified atom stereocenters. The number of nitrogen functional groups attached to an aromatic ring is 1. The van der Waals surface area contributed by atoms with E-state index >= 15 is 0 Å². The molecule has 1 aromatic carbocycles. The van der Waals surface area contributed by atoms with Gasteiger partial charge in [0.05, 0.1) is 0 Å². The number of anilines is 1. The molecule has 0 aliphatic carbocycles. The predicted molar refractivity (Wildman–Crippen MR) is 64.3 cm³/mol. The Bertz CT molecular complexity index is 330. The summed E-state index contributed by atoms with van der Waals surface area (Å²) >= 11 is 0. The molecular formula is C11H17ClN2O. The fourth-order valence-electron chi connectivity index (χ4n) is 2.04. The van der Waals surface area contributed by atoms with E-state index in [9.17, 15) is 0 Å². The molecule has 3 nitrogen and oxygen atoms in total. The van der Waals surface area contributed by atoms with Gasteiger partial charge in [-0.2, -0.15) is 0 Å². The Labute approximate surface area is 96.1 Å². The third-order valence-corrected chi connectivity index (χ3v) is 2.75. The summed E-state index contributed by atoms with van der Waals surface area (Å²) in [4.78, 5) is 0.